The molecule has 0 aliphatic heterocycles. The second-order valence-electron chi connectivity index (χ2n) is 7.75. The van der Waals surface area contributed by atoms with Crippen LogP contribution in [0.5, 0.6) is 5.75 Å². The van der Waals surface area contributed by atoms with Crippen molar-refractivity contribution in [3.8, 4) is 5.75 Å². The minimum Gasteiger partial charge on any atom is -0.494 e. The van der Waals surface area contributed by atoms with Crippen molar-refractivity contribution in [1.29, 1.82) is 0 Å². The molecular weight excluding hydrogens is 310 g/mol. The van der Waals surface area contributed by atoms with E-state index in [0.29, 0.717) is 5.92 Å². The molecule has 0 aromatic heterocycles. The van der Waals surface area contributed by atoms with E-state index in [0.717, 1.165) is 38.0 Å². The van der Waals surface area contributed by atoms with Crippen molar-refractivity contribution in [3.63, 3.8) is 0 Å². The van der Waals surface area contributed by atoms with Crippen molar-refractivity contribution in [2.75, 3.05) is 13.2 Å². The predicted molar refractivity (Wildman–Crippen MR) is 106 cm³/mol. The Bertz CT molecular complexity index is 551. The summed E-state index contributed by atoms with van der Waals surface area (Å²) in [6.07, 6.45) is 13.6. The average Bonchev–Trinajstić information content (AvgIpc) is 2.79. The van der Waals surface area contributed by atoms with E-state index in [9.17, 15) is 5.11 Å². The number of rotatable bonds is 10. The summed E-state index contributed by atoms with van der Waals surface area (Å²) in [7, 11) is 0. The minimum atomic E-state index is -0.528. The highest BCUT2D eigenvalue weighted by atomic mass is 16.5. The van der Waals surface area contributed by atoms with E-state index in [4.69, 9.17) is 10.5 Å². The van der Waals surface area contributed by atoms with Gasteiger partial charge in [-0.2, -0.15) is 0 Å². The van der Waals surface area contributed by atoms with Crippen LogP contribution in [0.2, 0.25) is 0 Å². The molecule has 2 rings (SSSR count). The van der Waals surface area contributed by atoms with Gasteiger partial charge in [0.15, 0.2) is 0 Å². The standard InChI is InChI=1S/C22H35NO2/c1-3-4-5-6-9-14-25-20-12-13-21-18(15-20)10-7-8-11-19(21)16-22(2,23)17-24/h7,10,12-13,15,19,24H,3-6,8-9,11,14,16-17,23H2,1-2H3. The number of nitrogens with two attached hydrogens (primary N) is 1. The first-order valence-corrected chi connectivity index (χ1v) is 9.89. The number of aliphatic hydroxyl groups is 1. The first kappa shape index (κ1) is 20.0. The van der Waals surface area contributed by atoms with E-state index in [1.54, 1.807) is 0 Å². The molecule has 0 saturated carbocycles. The lowest BCUT2D eigenvalue weighted by atomic mass is 9.82. The van der Waals surface area contributed by atoms with Crippen LogP contribution in [-0.2, 0) is 0 Å². The average molecular weight is 346 g/mol. The van der Waals surface area contributed by atoms with E-state index in [-0.39, 0.29) is 6.61 Å². The highest BCUT2D eigenvalue weighted by molar-refractivity contribution is 5.58. The number of aliphatic hydroxyl groups excluding tert-OH is 1. The van der Waals surface area contributed by atoms with Crippen molar-refractivity contribution < 1.29 is 9.84 Å². The Morgan fingerprint density at radius 3 is 2.80 bits per heavy atom. The minimum absolute atomic E-state index is 0.0193. The molecule has 25 heavy (non-hydrogen) atoms. The molecule has 2 unspecified atom stereocenters. The molecular formula is C22H35NO2. The summed E-state index contributed by atoms with van der Waals surface area (Å²) < 4.78 is 5.95. The molecule has 3 N–H and O–H groups in total. The third-order valence-corrected chi connectivity index (χ3v) is 5.07. The van der Waals surface area contributed by atoms with E-state index in [2.05, 4.69) is 37.3 Å². The third kappa shape index (κ3) is 6.48. The molecule has 0 fully saturated rings. The van der Waals surface area contributed by atoms with Crippen LogP contribution in [0, 0.1) is 0 Å². The summed E-state index contributed by atoms with van der Waals surface area (Å²) in [5, 5.41) is 9.50. The van der Waals surface area contributed by atoms with Crippen LogP contribution in [0.4, 0.5) is 0 Å². The van der Waals surface area contributed by atoms with Gasteiger partial charge in [-0.15, -0.1) is 0 Å². The molecule has 140 valence electrons. The highest BCUT2D eigenvalue weighted by Crippen LogP contribution is 2.36. The topological polar surface area (TPSA) is 55.5 Å². The normalized spacial score (nSPS) is 19.1. The molecule has 0 saturated heterocycles. The molecule has 3 heteroatoms. The maximum Gasteiger partial charge on any atom is 0.119 e. The van der Waals surface area contributed by atoms with Crippen molar-refractivity contribution in [2.45, 2.75) is 76.7 Å². The van der Waals surface area contributed by atoms with Crippen LogP contribution in [0.1, 0.15) is 82.3 Å². The van der Waals surface area contributed by atoms with Gasteiger partial charge in [-0.25, -0.2) is 0 Å². The van der Waals surface area contributed by atoms with Gasteiger partial charge in [0.25, 0.3) is 0 Å². The number of hydrogen-bond donors (Lipinski definition) is 2. The molecule has 0 spiro atoms. The molecule has 2 atom stereocenters. The van der Waals surface area contributed by atoms with Crippen LogP contribution in [-0.4, -0.2) is 23.9 Å². The quantitative estimate of drug-likeness (QED) is 0.585. The first-order valence-electron chi connectivity index (χ1n) is 9.89. The fraction of sp³-hybridized carbons (Fsp3) is 0.636. The maximum absolute atomic E-state index is 9.50. The zero-order valence-electron chi connectivity index (χ0n) is 16.0. The zero-order valence-corrected chi connectivity index (χ0v) is 16.0. The van der Waals surface area contributed by atoms with E-state index in [1.807, 2.05) is 6.92 Å². The lowest BCUT2D eigenvalue weighted by Gasteiger charge is -2.28. The largest absolute Gasteiger partial charge is 0.494 e. The van der Waals surface area contributed by atoms with Crippen LogP contribution < -0.4 is 10.5 Å². The van der Waals surface area contributed by atoms with Gasteiger partial charge in [0.05, 0.1) is 13.2 Å². The molecule has 0 heterocycles. The fourth-order valence-electron chi connectivity index (χ4n) is 3.56. The summed E-state index contributed by atoms with van der Waals surface area (Å²) >= 11 is 0. The number of benzene rings is 1. The first-order chi connectivity index (χ1) is 12.1. The van der Waals surface area contributed by atoms with Gasteiger partial charge < -0.3 is 15.6 Å². The van der Waals surface area contributed by atoms with Gasteiger partial charge in [-0.1, -0.05) is 50.8 Å². The number of fused-ring (bicyclic) bond motifs is 1. The van der Waals surface area contributed by atoms with Crippen LogP contribution in [0.3, 0.4) is 0 Å². The molecule has 0 radical (unpaired) electrons. The number of ether oxygens (including phenoxy) is 1. The van der Waals surface area contributed by atoms with E-state index in [1.165, 1.54) is 36.8 Å². The van der Waals surface area contributed by atoms with Crippen LogP contribution in [0.15, 0.2) is 24.3 Å². The Morgan fingerprint density at radius 1 is 1.24 bits per heavy atom. The summed E-state index contributed by atoms with van der Waals surface area (Å²) in [6, 6.07) is 6.43. The van der Waals surface area contributed by atoms with Crippen LogP contribution in [0.25, 0.3) is 6.08 Å². The third-order valence-electron chi connectivity index (χ3n) is 5.07. The predicted octanol–water partition coefficient (Wildman–Crippen LogP) is 5.03. The zero-order chi connectivity index (χ0) is 18.1. The lowest BCUT2D eigenvalue weighted by Crippen LogP contribution is -2.41. The second-order valence-corrected chi connectivity index (χ2v) is 7.75. The van der Waals surface area contributed by atoms with E-state index >= 15 is 0 Å². The number of hydrogen-bond acceptors (Lipinski definition) is 3. The van der Waals surface area contributed by atoms with Gasteiger partial charge in [-0.05, 0) is 61.8 Å². The SMILES string of the molecule is CCCCCCCOc1ccc2c(c1)C=CCCC2CC(C)(N)CO. The second kappa shape index (κ2) is 9.98. The van der Waals surface area contributed by atoms with Gasteiger partial charge >= 0.3 is 0 Å². The van der Waals surface area contributed by atoms with Crippen LogP contribution >= 0.6 is 0 Å². The van der Waals surface area contributed by atoms with Gasteiger partial charge in [0.1, 0.15) is 5.75 Å². The monoisotopic (exact) mass is 345 g/mol. The van der Waals surface area contributed by atoms with Crippen molar-refractivity contribution in [1.82, 2.24) is 0 Å². The maximum atomic E-state index is 9.50. The molecule has 3 nitrogen and oxygen atoms in total. The fourth-order valence-corrected chi connectivity index (χ4v) is 3.56. The lowest BCUT2D eigenvalue weighted by molar-refractivity contribution is 0.191. The summed E-state index contributed by atoms with van der Waals surface area (Å²) in [4.78, 5) is 0. The Balaban J connectivity index is 1.98. The number of allylic oxidation sites excluding steroid dienone is 1. The highest BCUT2D eigenvalue weighted by Gasteiger charge is 2.26. The Kier molecular flexibility index (Phi) is 7.98. The Labute approximate surface area is 153 Å². The van der Waals surface area contributed by atoms with E-state index < -0.39 is 5.54 Å². The van der Waals surface area contributed by atoms with Crippen molar-refractivity contribution in [3.05, 3.63) is 35.4 Å². The summed E-state index contributed by atoms with van der Waals surface area (Å²) in [5.74, 6) is 1.34. The van der Waals surface area contributed by atoms with Gasteiger partial charge in [0.2, 0.25) is 0 Å². The molecule has 0 amide bonds. The summed E-state index contributed by atoms with van der Waals surface area (Å²) in [6.45, 7) is 4.98. The smallest absolute Gasteiger partial charge is 0.119 e. The van der Waals surface area contributed by atoms with Gasteiger partial charge in [-0.3, -0.25) is 0 Å². The number of unbranched alkanes of at least 4 members (excludes halogenated alkanes) is 4. The molecule has 1 aliphatic carbocycles. The van der Waals surface area contributed by atoms with Crippen molar-refractivity contribution >= 4 is 6.08 Å². The molecule has 1 aromatic carbocycles. The Morgan fingerprint density at radius 2 is 2.04 bits per heavy atom. The molecule has 0 bridgehead atoms. The molecule has 1 aromatic rings. The van der Waals surface area contributed by atoms with Gasteiger partial charge in [0, 0.05) is 5.54 Å². The molecule has 1 aliphatic rings. The summed E-state index contributed by atoms with van der Waals surface area (Å²) in [5.41, 5.74) is 8.24. The van der Waals surface area contributed by atoms with Crippen molar-refractivity contribution in [2.24, 2.45) is 5.73 Å². The Hall–Kier alpha value is -1.32.